The van der Waals surface area contributed by atoms with Crippen molar-refractivity contribution in [2.45, 2.75) is 6.54 Å². The van der Waals surface area contributed by atoms with Crippen LogP contribution in [0.4, 0.5) is 5.69 Å². The van der Waals surface area contributed by atoms with Gasteiger partial charge >= 0.3 is 0 Å². The molecule has 1 aromatic heterocycles. The Balaban J connectivity index is 2.15. The maximum Gasteiger partial charge on any atom is 0.123 e. The SMILES string of the molecule is COc1ccccc1CN(C)c1ccc(C(N)=S)nc1. The number of nitrogens with two attached hydrogens (primary N) is 1. The highest BCUT2D eigenvalue weighted by Gasteiger charge is 2.07. The monoisotopic (exact) mass is 287 g/mol. The lowest BCUT2D eigenvalue weighted by Gasteiger charge is -2.20. The Kier molecular flexibility index (Phi) is 4.53. The van der Waals surface area contributed by atoms with E-state index >= 15 is 0 Å². The summed E-state index contributed by atoms with van der Waals surface area (Å²) in [5.74, 6) is 0.882. The summed E-state index contributed by atoms with van der Waals surface area (Å²) in [6, 6.07) is 11.7. The lowest BCUT2D eigenvalue weighted by molar-refractivity contribution is 0.409. The molecule has 0 aliphatic rings. The molecule has 5 heteroatoms. The minimum Gasteiger partial charge on any atom is -0.496 e. The van der Waals surface area contributed by atoms with Gasteiger partial charge in [0.1, 0.15) is 10.7 Å². The number of rotatable bonds is 5. The van der Waals surface area contributed by atoms with Gasteiger partial charge in [-0.3, -0.25) is 4.98 Å². The first-order valence-electron chi connectivity index (χ1n) is 6.20. The van der Waals surface area contributed by atoms with E-state index in [1.54, 1.807) is 13.3 Å². The van der Waals surface area contributed by atoms with Crippen LogP contribution < -0.4 is 15.4 Å². The molecular weight excluding hydrogens is 270 g/mol. The third-order valence-electron chi connectivity index (χ3n) is 3.04. The van der Waals surface area contributed by atoms with Crippen molar-refractivity contribution in [1.29, 1.82) is 0 Å². The second kappa shape index (κ2) is 6.34. The Hall–Kier alpha value is -2.14. The van der Waals surface area contributed by atoms with Crippen LogP contribution in [-0.4, -0.2) is 24.1 Å². The molecule has 1 heterocycles. The molecule has 0 atom stereocenters. The van der Waals surface area contributed by atoms with Crippen LogP contribution >= 0.6 is 12.2 Å². The molecule has 0 unspecified atom stereocenters. The van der Waals surface area contributed by atoms with E-state index in [1.165, 1.54) is 0 Å². The molecule has 104 valence electrons. The van der Waals surface area contributed by atoms with Crippen molar-refractivity contribution < 1.29 is 4.74 Å². The predicted octanol–water partition coefficient (Wildman–Crippen LogP) is 2.36. The molecule has 2 aromatic rings. The van der Waals surface area contributed by atoms with E-state index in [9.17, 15) is 0 Å². The lowest BCUT2D eigenvalue weighted by Crippen LogP contribution is -2.18. The molecule has 0 aliphatic heterocycles. The second-order valence-corrected chi connectivity index (χ2v) is 4.87. The highest BCUT2D eigenvalue weighted by atomic mass is 32.1. The van der Waals surface area contributed by atoms with Gasteiger partial charge in [-0.2, -0.15) is 0 Å². The largest absolute Gasteiger partial charge is 0.496 e. The van der Waals surface area contributed by atoms with Crippen molar-refractivity contribution in [2.75, 3.05) is 19.1 Å². The van der Waals surface area contributed by atoms with Crippen molar-refractivity contribution in [2.24, 2.45) is 5.73 Å². The normalized spacial score (nSPS) is 10.1. The predicted molar refractivity (Wildman–Crippen MR) is 85.2 cm³/mol. The molecular formula is C15H17N3OS. The second-order valence-electron chi connectivity index (χ2n) is 4.43. The maximum atomic E-state index is 5.54. The van der Waals surface area contributed by atoms with Gasteiger partial charge in [-0.05, 0) is 18.2 Å². The van der Waals surface area contributed by atoms with Crippen LogP contribution in [0, 0.1) is 0 Å². The van der Waals surface area contributed by atoms with E-state index in [1.807, 2.05) is 43.4 Å². The van der Waals surface area contributed by atoms with Crippen LogP contribution in [0.3, 0.4) is 0 Å². The van der Waals surface area contributed by atoms with E-state index in [0.29, 0.717) is 10.7 Å². The summed E-state index contributed by atoms with van der Waals surface area (Å²) in [4.78, 5) is 6.65. The molecule has 0 saturated heterocycles. The number of methoxy groups -OCH3 is 1. The van der Waals surface area contributed by atoms with E-state index in [0.717, 1.165) is 23.5 Å². The number of hydrogen-bond acceptors (Lipinski definition) is 4. The first kappa shape index (κ1) is 14.3. The fourth-order valence-electron chi connectivity index (χ4n) is 1.94. The van der Waals surface area contributed by atoms with Gasteiger partial charge in [0.15, 0.2) is 0 Å². The van der Waals surface area contributed by atoms with Crippen molar-refractivity contribution in [3.63, 3.8) is 0 Å². The third kappa shape index (κ3) is 3.24. The van der Waals surface area contributed by atoms with Crippen LogP contribution in [-0.2, 0) is 6.54 Å². The first-order valence-corrected chi connectivity index (χ1v) is 6.61. The first-order chi connectivity index (χ1) is 9.61. The Morgan fingerprint density at radius 3 is 2.65 bits per heavy atom. The molecule has 0 spiro atoms. The molecule has 0 bridgehead atoms. The summed E-state index contributed by atoms with van der Waals surface area (Å²) in [6.45, 7) is 0.734. The van der Waals surface area contributed by atoms with Crippen LogP contribution in [0.25, 0.3) is 0 Å². The average Bonchev–Trinajstić information content (AvgIpc) is 2.48. The number of hydrogen-bond donors (Lipinski definition) is 1. The van der Waals surface area contributed by atoms with Crippen molar-refractivity contribution in [3.05, 3.63) is 53.9 Å². The van der Waals surface area contributed by atoms with Crippen LogP contribution in [0.2, 0.25) is 0 Å². The van der Waals surface area contributed by atoms with Gasteiger partial charge in [0.25, 0.3) is 0 Å². The van der Waals surface area contributed by atoms with Crippen molar-refractivity contribution >= 4 is 22.9 Å². The van der Waals surface area contributed by atoms with Gasteiger partial charge in [-0.1, -0.05) is 30.4 Å². The summed E-state index contributed by atoms with van der Waals surface area (Å²) < 4.78 is 5.36. The molecule has 0 aliphatic carbocycles. The average molecular weight is 287 g/mol. The molecule has 2 N–H and O–H groups in total. The van der Waals surface area contributed by atoms with Crippen molar-refractivity contribution in [3.8, 4) is 5.75 Å². The molecule has 0 radical (unpaired) electrons. The van der Waals surface area contributed by atoms with Gasteiger partial charge in [-0.25, -0.2) is 0 Å². The number of para-hydroxylation sites is 1. The minimum atomic E-state index is 0.309. The van der Waals surface area contributed by atoms with E-state index in [-0.39, 0.29) is 0 Å². The van der Waals surface area contributed by atoms with Crippen LogP contribution in [0.1, 0.15) is 11.3 Å². The fourth-order valence-corrected chi connectivity index (χ4v) is 2.06. The summed E-state index contributed by atoms with van der Waals surface area (Å²) in [7, 11) is 3.68. The zero-order valence-electron chi connectivity index (χ0n) is 11.5. The molecule has 0 amide bonds. The van der Waals surface area contributed by atoms with Gasteiger partial charge in [0, 0.05) is 19.2 Å². The molecule has 1 aromatic carbocycles. The summed E-state index contributed by atoms with van der Waals surface area (Å²) in [6.07, 6.45) is 1.77. The fraction of sp³-hybridized carbons (Fsp3) is 0.200. The Morgan fingerprint density at radius 1 is 1.30 bits per heavy atom. The third-order valence-corrected chi connectivity index (χ3v) is 3.25. The Morgan fingerprint density at radius 2 is 2.05 bits per heavy atom. The number of thiocarbonyl (C=S) groups is 1. The Labute approximate surface area is 124 Å². The van der Waals surface area contributed by atoms with Gasteiger partial charge in [0.05, 0.1) is 24.7 Å². The topological polar surface area (TPSA) is 51.4 Å². The quantitative estimate of drug-likeness (QED) is 0.856. The Bertz CT molecular complexity index is 598. The van der Waals surface area contributed by atoms with Gasteiger partial charge in [-0.15, -0.1) is 0 Å². The van der Waals surface area contributed by atoms with E-state index < -0.39 is 0 Å². The van der Waals surface area contributed by atoms with E-state index in [2.05, 4.69) is 9.88 Å². The van der Waals surface area contributed by atoms with Gasteiger partial charge < -0.3 is 15.4 Å². The number of pyridine rings is 1. The minimum absolute atomic E-state index is 0.309. The summed E-state index contributed by atoms with van der Waals surface area (Å²) in [5, 5.41) is 0. The molecule has 0 fully saturated rings. The lowest BCUT2D eigenvalue weighted by atomic mass is 10.2. The van der Waals surface area contributed by atoms with Crippen LogP contribution in [0.15, 0.2) is 42.6 Å². The highest BCUT2D eigenvalue weighted by molar-refractivity contribution is 7.80. The highest BCUT2D eigenvalue weighted by Crippen LogP contribution is 2.21. The number of benzene rings is 1. The van der Waals surface area contributed by atoms with Gasteiger partial charge in [0.2, 0.25) is 0 Å². The summed E-state index contributed by atoms with van der Waals surface area (Å²) in [5.41, 5.74) is 8.29. The zero-order chi connectivity index (χ0) is 14.5. The number of aromatic nitrogens is 1. The zero-order valence-corrected chi connectivity index (χ0v) is 12.4. The standard InChI is InChI=1S/C15H17N3OS/c1-18(10-11-5-3-4-6-14(11)19-2)12-7-8-13(15(16)20)17-9-12/h3-9H,10H2,1-2H3,(H2,16,20). The number of anilines is 1. The summed E-state index contributed by atoms with van der Waals surface area (Å²) >= 11 is 4.89. The molecule has 2 rings (SSSR count). The van der Waals surface area contributed by atoms with E-state index in [4.69, 9.17) is 22.7 Å². The van der Waals surface area contributed by atoms with Crippen molar-refractivity contribution in [1.82, 2.24) is 4.98 Å². The number of ether oxygens (including phenoxy) is 1. The smallest absolute Gasteiger partial charge is 0.123 e. The number of nitrogens with zero attached hydrogens (tertiary/aromatic N) is 2. The maximum absolute atomic E-state index is 5.54. The van der Waals surface area contributed by atoms with Crippen LogP contribution in [0.5, 0.6) is 5.75 Å². The molecule has 20 heavy (non-hydrogen) atoms. The molecule has 0 saturated carbocycles. The molecule has 4 nitrogen and oxygen atoms in total.